The fraction of sp³-hybridized carbons (Fsp3) is 0.381. The van der Waals surface area contributed by atoms with Crippen molar-refractivity contribution in [3.8, 4) is 0 Å². The van der Waals surface area contributed by atoms with Crippen LogP contribution in [0.15, 0.2) is 51.8 Å². The molecule has 2 aromatic rings. The van der Waals surface area contributed by atoms with Crippen molar-refractivity contribution >= 4 is 21.5 Å². The van der Waals surface area contributed by atoms with Crippen LogP contribution in [0.25, 0.3) is 5.57 Å². The molecule has 0 atom stereocenters. The normalized spacial score (nSPS) is 18.3. The molecule has 1 aromatic carbocycles. The standard InChI is InChI=1S/C21H24N2O4S/c1-16-20(28(25,26)23-11-5-6-12-23)15-19(27-16)21(24)22-13-9-18(10-14-22)17-7-3-2-4-8-17/h2-4,7-9,15H,5-6,10-14H2,1H3. The van der Waals surface area contributed by atoms with Crippen molar-refractivity contribution in [1.29, 1.82) is 0 Å². The van der Waals surface area contributed by atoms with Gasteiger partial charge in [-0.3, -0.25) is 4.79 Å². The Balaban J connectivity index is 1.51. The molecule has 4 rings (SSSR count). The van der Waals surface area contributed by atoms with Crippen LogP contribution in [0.4, 0.5) is 0 Å². The first-order valence-corrected chi connectivity index (χ1v) is 11.0. The second-order valence-corrected chi connectivity index (χ2v) is 9.15. The van der Waals surface area contributed by atoms with E-state index in [1.807, 2.05) is 18.2 Å². The van der Waals surface area contributed by atoms with Crippen LogP contribution < -0.4 is 0 Å². The number of benzene rings is 1. The summed E-state index contributed by atoms with van der Waals surface area (Å²) in [5, 5.41) is 0. The fourth-order valence-corrected chi connectivity index (χ4v) is 5.50. The van der Waals surface area contributed by atoms with Crippen LogP contribution in [-0.2, 0) is 10.0 Å². The van der Waals surface area contributed by atoms with Crippen molar-refractivity contribution in [1.82, 2.24) is 9.21 Å². The largest absolute Gasteiger partial charge is 0.455 e. The molecule has 1 aromatic heterocycles. The van der Waals surface area contributed by atoms with Gasteiger partial charge in [0, 0.05) is 32.2 Å². The Morgan fingerprint density at radius 3 is 2.43 bits per heavy atom. The molecule has 6 nitrogen and oxygen atoms in total. The topological polar surface area (TPSA) is 70.8 Å². The van der Waals surface area contributed by atoms with Gasteiger partial charge in [-0.1, -0.05) is 36.4 Å². The van der Waals surface area contributed by atoms with Gasteiger partial charge in [0.1, 0.15) is 10.7 Å². The number of amides is 1. The minimum Gasteiger partial charge on any atom is -0.455 e. The van der Waals surface area contributed by atoms with Gasteiger partial charge in [-0.15, -0.1) is 0 Å². The van der Waals surface area contributed by atoms with Gasteiger partial charge < -0.3 is 9.32 Å². The van der Waals surface area contributed by atoms with Gasteiger partial charge in [0.2, 0.25) is 10.0 Å². The number of sulfonamides is 1. The van der Waals surface area contributed by atoms with Gasteiger partial charge in [-0.25, -0.2) is 8.42 Å². The van der Waals surface area contributed by atoms with Gasteiger partial charge in [0.25, 0.3) is 5.91 Å². The van der Waals surface area contributed by atoms with Crippen molar-refractivity contribution in [3.63, 3.8) is 0 Å². The number of hydrogen-bond acceptors (Lipinski definition) is 4. The second-order valence-electron chi connectivity index (χ2n) is 7.24. The first kappa shape index (κ1) is 19.0. The van der Waals surface area contributed by atoms with E-state index in [9.17, 15) is 13.2 Å². The molecule has 0 saturated carbocycles. The third-order valence-corrected chi connectivity index (χ3v) is 7.41. The van der Waals surface area contributed by atoms with Crippen molar-refractivity contribution in [2.45, 2.75) is 31.1 Å². The van der Waals surface area contributed by atoms with E-state index in [0.29, 0.717) is 26.2 Å². The van der Waals surface area contributed by atoms with Crippen LogP contribution in [0.2, 0.25) is 0 Å². The Morgan fingerprint density at radius 2 is 1.79 bits per heavy atom. The molecule has 7 heteroatoms. The Morgan fingerprint density at radius 1 is 1.07 bits per heavy atom. The number of carbonyl (C=O) groups is 1. The number of hydrogen-bond donors (Lipinski definition) is 0. The van der Waals surface area contributed by atoms with Crippen LogP contribution in [0.5, 0.6) is 0 Å². The predicted octanol–water partition coefficient (Wildman–Crippen LogP) is 3.30. The first-order chi connectivity index (χ1) is 13.5. The number of rotatable bonds is 4. The quantitative estimate of drug-likeness (QED) is 0.790. The van der Waals surface area contributed by atoms with Crippen LogP contribution in [-0.4, -0.2) is 49.7 Å². The molecule has 0 bridgehead atoms. The molecule has 3 heterocycles. The van der Waals surface area contributed by atoms with E-state index in [4.69, 9.17) is 4.42 Å². The number of furan rings is 1. The second kappa shape index (κ2) is 7.56. The molecule has 2 aliphatic heterocycles. The van der Waals surface area contributed by atoms with E-state index in [1.54, 1.807) is 11.8 Å². The summed E-state index contributed by atoms with van der Waals surface area (Å²) in [4.78, 5) is 14.6. The molecule has 1 fully saturated rings. The van der Waals surface area contributed by atoms with Crippen LogP contribution in [0.3, 0.4) is 0 Å². The minimum absolute atomic E-state index is 0.0897. The van der Waals surface area contributed by atoms with E-state index in [1.165, 1.54) is 21.5 Å². The Bertz CT molecular complexity index is 1000. The monoisotopic (exact) mass is 400 g/mol. The zero-order valence-electron chi connectivity index (χ0n) is 15.9. The molecule has 1 amide bonds. The molecule has 0 N–H and O–H groups in total. The molecular weight excluding hydrogens is 376 g/mol. The van der Waals surface area contributed by atoms with E-state index >= 15 is 0 Å². The summed E-state index contributed by atoms with van der Waals surface area (Å²) >= 11 is 0. The van der Waals surface area contributed by atoms with Crippen LogP contribution in [0.1, 0.15) is 41.1 Å². The molecule has 0 radical (unpaired) electrons. The third kappa shape index (κ3) is 3.52. The van der Waals surface area contributed by atoms with Gasteiger partial charge in [0.15, 0.2) is 5.76 Å². The van der Waals surface area contributed by atoms with E-state index in [0.717, 1.165) is 19.3 Å². The zero-order chi connectivity index (χ0) is 19.7. The molecule has 1 saturated heterocycles. The molecule has 148 valence electrons. The molecule has 0 unspecified atom stereocenters. The molecular formula is C21H24N2O4S. The highest BCUT2D eigenvalue weighted by molar-refractivity contribution is 7.89. The summed E-state index contributed by atoms with van der Waals surface area (Å²) in [6, 6.07) is 11.5. The molecule has 28 heavy (non-hydrogen) atoms. The maximum Gasteiger partial charge on any atom is 0.289 e. The Hall–Kier alpha value is -2.38. The summed E-state index contributed by atoms with van der Waals surface area (Å²) in [6.45, 7) is 3.71. The smallest absolute Gasteiger partial charge is 0.289 e. The molecule has 0 aliphatic carbocycles. The Kier molecular flexibility index (Phi) is 5.12. The SMILES string of the molecule is Cc1oc(C(=O)N2CC=C(c3ccccc3)CC2)cc1S(=O)(=O)N1CCCC1. The molecule has 0 spiro atoms. The van der Waals surface area contributed by atoms with Crippen molar-refractivity contribution < 1.29 is 17.6 Å². The fourth-order valence-electron chi connectivity index (χ4n) is 3.82. The summed E-state index contributed by atoms with van der Waals surface area (Å²) in [7, 11) is -3.60. The lowest BCUT2D eigenvalue weighted by Crippen LogP contribution is -2.34. The highest BCUT2D eigenvalue weighted by Gasteiger charge is 2.32. The summed E-state index contributed by atoms with van der Waals surface area (Å²) in [5.41, 5.74) is 2.39. The van der Waals surface area contributed by atoms with E-state index < -0.39 is 10.0 Å². The Labute approximate surface area is 165 Å². The third-order valence-electron chi connectivity index (χ3n) is 5.41. The minimum atomic E-state index is -3.60. The zero-order valence-corrected chi connectivity index (χ0v) is 16.7. The van der Waals surface area contributed by atoms with E-state index in [2.05, 4.69) is 18.2 Å². The maximum atomic E-state index is 12.9. The lowest BCUT2D eigenvalue weighted by atomic mass is 9.99. The summed E-state index contributed by atoms with van der Waals surface area (Å²) < 4.78 is 32.6. The summed E-state index contributed by atoms with van der Waals surface area (Å²) in [5.74, 6) is 0.0916. The van der Waals surface area contributed by atoms with Crippen LogP contribution in [0, 0.1) is 6.92 Å². The lowest BCUT2D eigenvalue weighted by Gasteiger charge is -2.25. The highest BCUT2D eigenvalue weighted by Crippen LogP contribution is 2.28. The predicted molar refractivity (Wildman–Crippen MR) is 106 cm³/mol. The summed E-state index contributed by atoms with van der Waals surface area (Å²) in [6.07, 6.45) is 4.54. The van der Waals surface area contributed by atoms with Crippen molar-refractivity contribution in [2.24, 2.45) is 0 Å². The first-order valence-electron chi connectivity index (χ1n) is 9.61. The number of aryl methyl sites for hydroxylation is 1. The number of carbonyl (C=O) groups excluding carboxylic acids is 1. The van der Waals surface area contributed by atoms with Gasteiger partial charge in [-0.2, -0.15) is 4.31 Å². The van der Waals surface area contributed by atoms with Gasteiger partial charge in [-0.05, 0) is 37.3 Å². The molecule has 2 aliphatic rings. The lowest BCUT2D eigenvalue weighted by molar-refractivity contribution is 0.0739. The highest BCUT2D eigenvalue weighted by atomic mass is 32.2. The van der Waals surface area contributed by atoms with Gasteiger partial charge >= 0.3 is 0 Å². The number of nitrogens with zero attached hydrogens (tertiary/aromatic N) is 2. The van der Waals surface area contributed by atoms with Crippen LogP contribution >= 0.6 is 0 Å². The average molecular weight is 401 g/mol. The maximum absolute atomic E-state index is 12.9. The van der Waals surface area contributed by atoms with Crippen molar-refractivity contribution in [3.05, 3.63) is 59.6 Å². The van der Waals surface area contributed by atoms with E-state index in [-0.39, 0.29) is 22.3 Å². The average Bonchev–Trinajstić information content (AvgIpc) is 3.39. The van der Waals surface area contributed by atoms with Gasteiger partial charge in [0.05, 0.1) is 0 Å². The van der Waals surface area contributed by atoms with Crippen molar-refractivity contribution in [2.75, 3.05) is 26.2 Å².